The average molecular weight is 247 g/mol. The smallest absolute Gasteiger partial charge is 0.132 e. The summed E-state index contributed by atoms with van der Waals surface area (Å²) in [4.78, 5) is 7.68. The maximum Gasteiger partial charge on any atom is 0.132 e. The molecule has 0 bridgehead atoms. The zero-order valence-corrected chi connectivity index (χ0v) is 10.7. The van der Waals surface area contributed by atoms with E-state index in [0.29, 0.717) is 23.7 Å². The molecule has 1 aromatic carbocycles. The summed E-state index contributed by atoms with van der Waals surface area (Å²) >= 11 is 0. The van der Waals surface area contributed by atoms with Gasteiger partial charge in [0.05, 0.1) is 5.69 Å². The SMILES string of the molecule is Cc1[nH]c(CC(C)CN)nc1-c1ccccc1F. The minimum Gasteiger partial charge on any atom is -0.346 e. The first-order valence-electron chi connectivity index (χ1n) is 6.12. The van der Waals surface area contributed by atoms with Crippen LogP contribution in [0.15, 0.2) is 24.3 Å². The van der Waals surface area contributed by atoms with Gasteiger partial charge in [-0.3, -0.25) is 0 Å². The third-order valence-electron chi connectivity index (χ3n) is 3.01. The number of nitrogens with zero attached hydrogens (tertiary/aromatic N) is 1. The van der Waals surface area contributed by atoms with Gasteiger partial charge in [0.1, 0.15) is 11.6 Å². The van der Waals surface area contributed by atoms with Gasteiger partial charge in [-0.25, -0.2) is 9.37 Å². The molecular weight excluding hydrogens is 229 g/mol. The fourth-order valence-electron chi connectivity index (χ4n) is 1.95. The summed E-state index contributed by atoms with van der Waals surface area (Å²) in [5.74, 6) is 0.984. The molecule has 1 aromatic heterocycles. The second kappa shape index (κ2) is 5.31. The lowest BCUT2D eigenvalue weighted by Gasteiger charge is -2.04. The van der Waals surface area contributed by atoms with Crippen LogP contribution in [0, 0.1) is 18.7 Å². The van der Waals surface area contributed by atoms with Crippen LogP contribution in [0.5, 0.6) is 0 Å². The van der Waals surface area contributed by atoms with E-state index in [-0.39, 0.29) is 5.82 Å². The maximum atomic E-state index is 13.7. The van der Waals surface area contributed by atoms with E-state index in [9.17, 15) is 4.39 Å². The first-order valence-corrected chi connectivity index (χ1v) is 6.12. The van der Waals surface area contributed by atoms with Crippen LogP contribution in [0.25, 0.3) is 11.3 Å². The molecule has 4 heteroatoms. The molecule has 3 N–H and O–H groups in total. The van der Waals surface area contributed by atoms with Crippen molar-refractivity contribution in [2.75, 3.05) is 6.54 Å². The van der Waals surface area contributed by atoms with Gasteiger partial charge in [0.25, 0.3) is 0 Å². The molecule has 0 saturated carbocycles. The normalized spacial score (nSPS) is 12.7. The van der Waals surface area contributed by atoms with Crippen molar-refractivity contribution in [2.45, 2.75) is 20.3 Å². The predicted octanol–water partition coefficient (Wildman–Crippen LogP) is 2.66. The van der Waals surface area contributed by atoms with Crippen LogP contribution in [0.2, 0.25) is 0 Å². The van der Waals surface area contributed by atoms with Gasteiger partial charge >= 0.3 is 0 Å². The van der Waals surface area contributed by atoms with Crippen molar-refractivity contribution in [3.8, 4) is 11.3 Å². The summed E-state index contributed by atoms with van der Waals surface area (Å²) < 4.78 is 13.7. The number of hydrogen-bond acceptors (Lipinski definition) is 2. The lowest BCUT2D eigenvalue weighted by Crippen LogP contribution is -2.13. The van der Waals surface area contributed by atoms with Crippen LogP contribution in [-0.4, -0.2) is 16.5 Å². The predicted molar refractivity (Wildman–Crippen MR) is 70.6 cm³/mol. The largest absolute Gasteiger partial charge is 0.346 e. The summed E-state index contributed by atoms with van der Waals surface area (Å²) in [7, 11) is 0. The Morgan fingerprint density at radius 1 is 1.39 bits per heavy atom. The van der Waals surface area contributed by atoms with Gasteiger partial charge in [-0.05, 0) is 31.5 Å². The van der Waals surface area contributed by atoms with Crippen LogP contribution in [0.4, 0.5) is 4.39 Å². The minimum absolute atomic E-state index is 0.245. The number of aromatic nitrogens is 2. The van der Waals surface area contributed by atoms with E-state index in [1.54, 1.807) is 12.1 Å². The van der Waals surface area contributed by atoms with Crippen molar-refractivity contribution in [2.24, 2.45) is 11.7 Å². The second-order valence-electron chi connectivity index (χ2n) is 4.68. The molecule has 1 atom stereocenters. The molecule has 18 heavy (non-hydrogen) atoms. The third-order valence-corrected chi connectivity index (χ3v) is 3.01. The molecule has 1 heterocycles. The molecule has 3 nitrogen and oxygen atoms in total. The summed E-state index contributed by atoms with van der Waals surface area (Å²) in [6.07, 6.45) is 0.784. The number of H-pyrrole nitrogens is 1. The first kappa shape index (κ1) is 12.8. The van der Waals surface area contributed by atoms with Gasteiger partial charge in [-0.15, -0.1) is 0 Å². The monoisotopic (exact) mass is 247 g/mol. The summed E-state index contributed by atoms with van der Waals surface area (Å²) in [5, 5.41) is 0. The molecular formula is C14H18FN3. The van der Waals surface area contributed by atoms with Crippen LogP contribution >= 0.6 is 0 Å². The number of nitrogens with two attached hydrogens (primary N) is 1. The molecule has 96 valence electrons. The summed E-state index contributed by atoms with van der Waals surface area (Å²) in [6.45, 7) is 4.60. The maximum absolute atomic E-state index is 13.7. The fraction of sp³-hybridized carbons (Fsp3) is 0.357. The van der Waals surface area contributed by atoms with Gasteiger partial charge in [-0.1, -0.05) is 19.1 Å². The molecule has 0 saturated heterocycles. The third kappa shape index (κ3) is 2.59. The van der Waals surface area contributed by atoms with Crippen molar-refractivity contribution < 1.29 is 4.39 Å². The highest BCUT2D eigenvalue weighted by atomic mass is 19.1. The quantitative estimate of drug-likeness (QED) is 0.872. The van der Waals surface area contributed by atoms with Crippen molar-refractivity contribution in [3.05, 3.63) is 41.6 Å². The van der Waals surface area contributed by atoms with Crippen LogP contribution in [-0.2, 0) is 6.42 Å². The van der Waals surface area contributed by atoms with Gasteiger partial charge in [0.2, 0.25) is 0 Å². The molecule has 0 aliphatic heterocycles. The zero-order chi connectivity index (χ0) is 13.1. The molecule has 2 rings (SSSR count). The first-order chi connectivity index (χ1) is 8.61. The van der Waals surface area contributed by atoms with Crippen molar-refractivity contribution in [1.29, 1.82) is 0 Å². The van der Waals surface area contributed by atoms with Crippen molar-refractivity contribution >= 4 is 0 Å². The van der Waals surface area contributed by atoms with E-state index in [2.05, 4.69) is 16.9 Å². The van der Waals surface area contributed by atoms with Gasteiger partial charge in [0.15, 0.2) is 0 Å². The number of rotatable bonds is 4. The van der Waals surface area contributed by atoms with E-state index in [0.717, 1.165) is 17.9 Å². The molecule has 0 fully saturated rings. The van der Waals surface area contributed by atoms with Gasteiger partial charge in [0, 0.05) is 17.7 Å². The van der Waals surface area contributed by atoms with E-state index >= 15 is 0 Å². The Kier molecular flexibility index (Phi) is 3.77. The van der Waals surface area contributed by atoms with Gasteiger partial charge < -0.3 is 10.7 Å². The Labute approximate surface area is 106 Å². The number of nitrogens with one attached hydrogen (secondary N) is 1. The van der Waals surface area contributed by atoms with Crippen LogP contribution in [0.3, 0.4) is 0 Å². The lowest BCUT2D eigenvalue weighted by molar-refractivity contribution is 0.576. The van der Waals surface area contributed by atoms with Crippen LogP contribution in [0.1, 0.15) is 18.4 Å². The molecule has 0 amide bonds. The standard InChI is InChI=1S/C14H18FN3/c1-9(8-16)7-13-17-10(2)14(18-13)11-5-3-4-6-12(11)15/h3-6,9H,7-8,16H2,1-2H3,(H,17,18). The van der Waals surface area contributed by atoms with Gasteiger partial charge in [-0.2, -0.15) is 0 Å². The van der Waals surface area contributed by atoms with E-state index in [1.807, 2.05) is 13.0 Å². The Morgan fingerprint density at radius 3 is 2.78 bits per heavy atom. The molecule has 0 spiro atoms. The van der Waals surface area contributed by atoms with Crippen LogP contribution < -0.4 is 5.73 Å². The van der Waals surface area contributed by atoms with E-state index in [1.165, 1.54) is 6.07 Å². The zero-order valence-electron chi connectivity index (χ0n) is 10.7. The second-order valence-corrected chi connectivity index (χ2v) is 4.68. The Bertz CT molecular complexity index is 534. The highest BCUT2D eigenvalue weighted by Gasteiger charge is 2.13. The molecule has 2 aromatic rings. The highest BCUT2D eigenvalue weighted by Crippen LogP contribution is 2.24. The molecule has 0 aliphatic carbocycles. The number of aromatic amines is 1. The van der Waals surface area contributed by atoms with Crippen molar-refractivity contribution in [1.82, 2.24) is 9.97 Å². The lowest BCUT2D eigenvalue weighted by atomic mass is 10.1. The number of aryl methyl sites for hydroxylation is 1. The number of halogens is 1. The molecule has 0 radical (unpaired) electrons. The number of imidazole rings is 1. The van der Waals surface area contributed by atoms with Crippen molar-refractivity contribution in [3.63, 3.8) is 0 Å². The average Bonchev–Trinajstić information content (AvgIpc) is 2.70. The minimum atomic E-state index is -0.245. The van der Waals surface area contributed by atoms with E-state index in [4.69, 9.17) is 5.73 Å². The number of hydrogen-bond donors (Lipinski definition) is 2. The molecule has 0 aliphatic rings. The Balaban J connectivity index is 2.33. The van der Waals surface area contributed by atoms with E-state index < -0.39 is 0 Å². The fourth-order valence-corrected chi connectivity index (χ4v) is 1.95. The molecule has 1 unspecified atom stereocenters. The summed E-state index contributed by atoms with van der Waals surface area (Å²) in [5.41, 5.74) is 7.71. The Morgan fingerprint density at radius 2 is 2.11 bits per heavy atom. The topological polar surface area (TPSA) is 54.7 Å². The Hall–Kier alpha value is -1.68. The summed E-state index contributed by atoms with van der Waals surface area (Å²) in [6, 6.07) is 6.69. The highest BCUT2D eigenvalue weighted by molar-refractivity contribution is 5.62. The number of benzene rings is 1.